The summed E-state index contributed by atoms with van der Waals surface area (Å²) in [5, 5.41) is 4.81. The summed E-state index contributed by atoms with van der Waals surface area (Å²) in [6, 6.07) is 7.19. The molecule has 1 aromatic carbocycles. The van der Waals surface area contributed by atoms with Crippen LogP contribution in [0, 0.1) is 0 Å². The second-order valence-electron chi connectivity index (χ2n) is 4.56. The molecule has 1 atom stereocenters. The summed E-state index contributed by atoms with van der Waals surface area (Å²) < 4.78 is 14.1. The molecule has 0 radical (unpaired) electrons. The van der Waals surface area contributed by atoms with Crippen molar-refractivity contribution in [3.63, 3.8) is 0 Å². The molecule has 2 aromatic rings. The van der Waals surface area contributed by atoms with Crippen LogP contribution in [0.15, 0.2) is 35.4 Å². The third-order valence-corrected chi connectivity index (χ3v) is 4.50. The number of aromatic nitrogens is 2. The van der Waals surface area contributed by atoms with E-state index in [0.717, 1.165) is 5.69 Å². The van der Waals surface area contributed by atoms with Gasteiger partial charge in [-0.25, -0.2) is 0 Å². The standard InChI is InChI=1S/C13H16ClN3OS/c1-9(2)17-6-5-11(16-17)8-19(18)13-4-3-10(15)7-12(13)14/h3-7,9H,8,15H2,1-2H3. The molecule has 0 bridgehead atoms. The largest absolute Gasteiger partial charge is 0.399 e. The summed E-state index contributed by atoms with van der Waals surface area (Å²) in [5.74, 6) is 0.351. The third kappa shape index (κ3) is 3.36. The molecule has 0 spiro atoms. The predicted molar refractivity (Wildman–Crippen MR) is 78.6 cm³/mol. The highest BCUT2D eigenvalue weighted by Crippen LogP contribution is 2.24. The van der Waals surface area contributed by atoms with Gasteiger partial charge in [0, 0.05) is 17.9 Å². The Hall–Kier alpha value is -1.33. The van der Waals surface area contributed by atoms with E-state index in [1.807, 2.05) is 30.8 Å². The van der Waals surface area contributed by atoms with Crippen LogP contribution in [-0.4, -0.2) is 14.0 Å². The molecule has 4 nitrogen and oxygen atoms in total. The van der Waals surface area contributed by atoms with Crippen molar-refractivity contribution in [3.8, 4) is 0 Å². The van der Waals surface area contributed by atoms with Gasteiger partial charge in [0.05, 0.1) is 32.2 Å². The minimum absolute atomic E-state index is 0.294. The van der Waals surface area contributed by atoms with Crippen LogP contribution in [0.25, 0.3) is 0 Å². The van der Waals surface area contributed by atoms with Gasteiger partial charge in [-0.05, 0) is 38.1 Å². The van der Waals surface area contributed by atoms with Crippen LogP contribution in [0.2, 0.25) is 5.02 Å². The highest BCUT2D eigenvalue weighted by atomic mass is 35.5. The summed E-state index contributed by atoms with van der Waals surface area (Å²) in [5.41, 5.74) is 6.97. The van der Waals surface area contributed by atoms with Gasteiger partial charge in [-0.3, -0.25) is 8.89 Å². The fraction of sp³-hybridized carbons (Fsp3) is 0.308. The lowest BCUT2D eigenvalue weighted by molar-refractivity contribution is 0.528. The Kier molecular flexibility index (Phi) is 4.27. The predicted octanol–water partition coefficient (Wildman–Crippen LogP) is 3.01. The highest BCUT2D eigenvalue weighted by molar-refractivity contribution is 7.84. The zero-order valence-corrected chi connectivity index (χ0v) is 12.4. The Morgan fingerprint density at radius 3 is 2.74 bits per heavy atom. The molecule has 1 unspecified atom stereocenters. The number of nitrogens with zero attached hydrogens (tertiary/aromatic N) is 2. The van der Waals surface area contributed by atoms with Crippen molar-refractivity contribution in [2.24, 2.45) is 0 Å². The van der Waals surface area contributed by atoms with Crippen LogP contribution in [0.4, 0.5) is 5.69 Å². The molecule has 0 saturated heterocycles. The van der Waals surface area contributed by atoms with Crippen molar-refractivity contribution in [2.75, 3.05) is 5.73 Å². The van der Waals surface area contributed by atoms with Crippen LogP contribution in [0.5, 0.6) is 0 Å². The summed E-state index contributed by atoms with van der Waals surface area (Å²) in [6.45, 7) is 4.09. The van der Waals surface area contributed by atoms with Gasteiger partial charge in [0.2, 0.25) is 0 Å². The van der Waals surface area contributed by atoms with Gasteiger partial charge in [0.25, 0.3) is 0 Å². The van der Waals surface area contributed by atoms with Gasteiger partial charge in [0.1, 0.15) is 0 Å². The number of hydrogen-bond acceptors (Lipinski definition) is 3. The smallest absolute Gasteiger partial charge is 0.0753 e. The molecule has 19 heavy (non-hydrogen) atoms. The first-order valence-electron chi connectivity index (χ1n) is 5.95. The van der Waals surface area contributed by atoms with E-state index in [1.54, 1.807) is 18.2 Å². The molecule has 1 heterocycles. The van der Waals surface area contributed by atoms with Crippen molar-refractivity contribution in [2.45, 2.75) is 30.5 Å². The van der Waals surface area contributed by atoms with Crippen molar-refractivity contribution in [1.82, 2.24) is 9.78 Å². The molecule has 0 aliphatic heterocycles. The lowest BCUT2D eigenvalue weighted by Gasteiger charge is -2.05. The Bertz CT molecular complexity index is 610. The van der Waals surface area contributed by atoms with Gasteiger partial charge in [-0.1, -0.05) is 11.6 Å². The normalized spacial score (nSPS) is 12.8. The zero-order valence-electron chi connectivity index (χ0n) is 10.8. The van der Waals surface area contributed by atoms with Crippen molar-refractivity contribution < 1.29 is 4.21 Å². The topological polar surface area (TPSA) is 60.9 Å². The maximum absolute atomic E-state index is 12.3. The van der Waals surface area contributed by atoms with E-state index in [-0.39, 0.29) is 0 Å². The van der Waals surface area contributed by atoms with Gasteiger partial charge in [-0.2, -0.15) is 5.10 Å². The summed E-state index contributed by atoms with van der Waals surface area (Å²) in [7, 11) is -1.22. The summed E-state index contributed by atoms with van der Waals surface area (Å²) in [6.07, 6.45) is 1.89. The molecule has 0 aliphatic rings. The number of anilines is 1. The Labute approximate surface area is 120 Å². The quantitative estimate of drug-likeness (QED) is 0.883. The molecule has 0 saturated carbocycles. The van der Waals surface area contributed by atoms with Gasteiger partial charge in [-0.15, -0.1) is 0 Å². The highest BCUT2D eigenvalue weighted by Gasteiger charge is 2.12. The fourth-order valence-electron chi connectivity index (χ4n) is 1.66. The van der Waals surface area contributed by atoms with Crippen molar-refractivity contribution in [1.29, 1.82) is 0 Å². The van der Waals surface area contributed by atoms with Crippen LogP contribution < -0.4 is 5.73 Å². The Morgan fingerprint density at radius 2 is 2.16 bits per heavy atom. The maximum Gasteiger partial charge on any atom is 0.0753 e. The second kappa shape index (κ2) is 5.75. The van der Waals surface area contributed by atoms with Crippen molar-refractivity contribution >= 4 is 28.1 Å². The molecule has 0 fully saturated rings. The van der Waals surface area contributed by atoms with Gasteiger partial charge >= 0.3 is 0 Å². The molecule has 1 aromatic heterocycles. The number of nitrogens with two attached hydrogens (primary N) is 1. The third-order valence-electron chi connectivity index (χ3n) is 2.67. The number of benzene rings is 1. The summed E-state index contributed by atoms with van der Waals surface area (Å²) in [4.78, 5) is 0.593. The lowest BCUT2D eigenvalue weighted by atomic mass is 10.3. The first-order chi connectivity index (χ1) is 8.97. The molecular weight excluding hydrogens is 282 g/mol. The van der Waals surface area contributed by atoms with E-state index in [1.165, 1.54) is 0 Å². The first-order valence-corrected chi connectivity index (χ1v) is 7.64. The molecule has 0 aliphatic carbocycles. The fourth-order valence-corrected chi connectivity index (χ4v) is 3.18. The van der Waals surface area contributed by atoms with E-state index in [2.05, 4.69) is 5.10 Å². The van der Waals surface area contributed by atoms with E-state index in [4.69, 9.17) is 17.3 Å². The Morgan fingerprint density at radius 1 is 1.42 bits per heavy atom. The van der Waals surface area contributed by atoms with E-state index in [0.29, 0.717) is 27.4 Å². The first kappa shape index (κ1) is 14.1. The minimum atomic E-state index is -1.22. The molecule has 0 amide bonds. The minimum Gasteiger partial charge on any atom is -0.399 e. The number of nitrogen functional groups attached to an aromatic ring is 1. The molecule has 6 heteroatoms. The van der Waals surface area contributed by atoms with E-state index in [9.17, 15) is 4.21 Å². The Balaban J connectivity index is 2.16. The van der Waals surface area contributed by atoms with Crippen LogP contribution >= 0.6 is 11.6 Å². The monoisotopic (exact) mass is 297 g/mol. The van der Waals surface area contributed by atoms with E-state index < -0.39 is 10.8 Å². The molecule has 102 valence electrons. The zero-order chi connectivity index (χ0) is 14.0. The second-order valence-corrected chi connectivity index (χ2v) is 6.39. The lowest BCUT2D eigenvalue weighted by Crippen LogP contribution is -2.03. The maximum atomic E-state index is 12.3. The number of halogens is 1. The molecule has 2 N–H and O–H groups in total. The van der Waals surface area contributed by atoms with Crippen molar-refractivity contribution in [3.05, 3.63) is 41.2 Å². The van der Waals surface area contributed by atoms with Crippen LogP contribution in [0.1, 0.15) is 25.6 Å². The number of hydrogen-bond donors (Lipinski definition) is 1. The van der Waals surface area contributed by atoms with Crippen LogP contribution in [0.3, 0.4) is 0 Å². The van der Waals surface area contributed by atoms with E-state index >= 15 is 0 Å². The van der Waals surface area contributed by atoms with Gasteiger partial charge in [0.15, 0.2) is 0 Å². The average molecular weight is 298 g/mol. The average Bonchev–Trinajstić information content (AvgIpc) is 2.77. The van der Waals surface area contributed by atoms with Crippen LogP contribution in [-0.2, 0) is 16.6 Å². The number of rotatable bonds is 4. The molecule has 2 rings (SSSR count). The molecular formula is C13H16ClN3OS. The van der Waals surface area contributed by atoms with Gasteiger partial charge < -0.3 is 5.73 Å². The summed E-state index contributed by atoms with van der Waals surface area (Å²) >= 11 is 6.05. The SMILES string of the molecule is CC(C)n1ccc(CS(=O)c2ccc(N)cc2Cl)n1.